The van der Waals surface area contributed by atoms with Gasteiger partial charge in [-0.25, -0.2) is 24.1 Å². The van der Waals surface area contributed by atoms with Gasteiger partial charge in [-0.3, -0.25) is 4.79 Å². The number of alkyl carbamates (subject to hydrolysis) is 1. The third-order valence-electron chi connectivity index (χ3n) is 6.82. The topological polar surface area (TPSA) is 168 Å². The molecule has 2 aromatic heterocycles. The third kappa shape index (κ3) is 9.46. The number of aromatic nitrogens is 3. The predicted molar refractivity (Wildman–Crippen MR) is 173 cm³/mol. The first-order valence-electron chi connectivity index (χ1n) is 14.8. The van der Waals surface area contributed by atoms with E-state index in [1.807, 2.05) is 30.3 Å². The van der Waals surface area contributed by atoms with E-state index in [1.165, 1.54) is 24.4 Å². The quantitative estimate of drug-likeness (QED) is 0.153. The van der Waals surface area contributed by atoms with Crippen LogP contribution in [-0.2, 0) is 17.7 Å². The molecule has 11 nitrogen and oxygen atoms in total. The number of amides is 2. The molecule has 2 aromatic carbocycles. The molecule has 4 aromatic rings. The second-order valence-electron chi connectivity index (χ2n) is 11.6. The lowest BCUT2D eigenvalue weighted by Crippen LogP contribution is -2.33. The first-order valence-corrected chi connectivity index (χ1v) is 14.8. The highest BCUT2D eigenvalue weighted by Gasteiger charge is 2.18. The largest absolute Gasteiger partial charge is 0.444 e. The van der Waals surface area contributed by atoms with Gasteiger partial charge in [0.15, 0.2) is 0 Å². The number of carbonyl (C=O) groups is 2. The van der Waals surface area contributed by atoms with E-state index in [4.69, 9.17) is 15.5 Å². The molecule has 0 bridgehead atoms. The van der Waals surface area contributed by atoms with Crippen molar-refractivity contribution in [1.29, 1.82) is 5.26 Å². The summed E-state index contributed by atoms with van der Waals surface area (Å²) in [6.45, 7) is 7.98. The van der Waals surface area contributed by atoms with Gasteiger partial charge in [0, 0.05) is 24.8 Å². The zero-order valence-electron chi connectivity index (χ0n) is 26.2. The maximum Gasteiger partial charge on any atom is 0.407 e. The van der Waals surface area contributed by atoms with Gasteiger partial charge in [-0.05, 0) is 69.9 Å². The predicted octanol–water partition coefficient (Wildman–Crippen LogP) is 5.69. The van der Waals surface area contributed by atoms with Gasteiger partial charge in [0.25, 0.3) is 5.91 Å². The molecule has 0 saturated heterocycles. The zero-order chi connectivity index (χ0) is 33.3. The summed E-state index contributed by atoms with van der Waals surface area (Å²) < 4.78 is 18.6. The highest BCUT2D eigenvalue weighted by Crippen LogP contribution is 2.22. The molecule has 0 aliphatic heterocycles. The fourth-order valence-corrected chi connectivity index (χ4v) is 4.45. The van der Waals surface area contributed by atoms with Crippen LogP contribution in [0.15, 0.2) is 67.0 Å². The summed E-state index contributed by atoms with van der Waals surface area (Å²) in [6.07, 6.45) is 3.68. The van der Waals surface area contributed by atoms with E-state index < -0.39 is 23.6 Å². The number of nitrogens with one attached hydrogen (secondary N) is 3. The normalized spacial score (nSPS) is 11.7. The van der Waals surface area contributed by atoms with E-state index in [0.29, 0.717) is 49.0 Å². The van der Waals surface area contributed by atoms with E-state index in [0.717, 1.165) is 16.7 Å². The first kappa shape index (κ1) is 33.3. The Morgan fingerprint density at radius 2 is 1.78 bits per heavy atom. The van der Waals surface area contributed by atoms with Crippen molar-refractivity contribution in [2.45, 2.75) is 58.7 Å². The van der Waals surface area contributed by atoms with Gasteiger partial charge in [-0.2, -0.15) is 5.26 Å². The SMILES string of the molecule is CC(NC(=O)c1cc(C#N)cnc1NCc1ccc(-c2cnc(N)c(CCCNC(=O)OC(C)(C)C)n2)cc1)c1ccc(F)cc1. The fourth-order valence-electron chi connectivity index (χ4n) is 4.45. The van der Waals surface area contributed by atoms with Gasteiger partial charge >= 0.3 is 6.09 Å². The second-order valence-corrected chi connectivity index (χ2v) is 11.6. The molecule has 0 radical (unpaired) electrons. The average molecular weight is 625 g/mol. The second kappa shape index (κ2) is 14.9. The van der Waals surface area contributed by atoms with Gasteiger partial charge in [0.05, 0.1) is 34.8 Å². The van der Waals surface area contributed by atoms with Crippen molar-refractivity contribution in [2.24, 2.45) is 0 Å². The maximum atomic E-state index is 13.3. The molecule has 0 aliphatic carbocycles. The molecule has 5 N–H and O–H groups in total. The molecular weight excluding hydrogens is 587 g/mol. The first-order chi connectivity index (χ1) is 21.9. The van der Waals surface area contributed by atoms with E-state index in [9.17, 15) is 19.2 Å². The molecular formula is C34H37FN8O3. The van der Waals surface area contributed by atoms with E-state index in [2.05, 4.69) is 25.9 Å². The van der Waals surface area contributed by atoms with E-state index in [-0.39, 0.29) is 16.9 Å². The Morgan fingerprint density at radius 3 is 2.46 bits per heavy atom. The number of pyridine rings is 1. The number of hydrogen-bond acceptors (Lipinski definition) is 9. The molecule has 0 spiro atoms. The summed E-state index contributed by atoms with van der Waals surface area (Å²) in [4.78, 5) is 38.4. The van der Waals surface area contributed by atoms with Gasteiger partial charge in [-0.15, -0.1) is 0 Å². The highest BCUT2D eigenvalue weighted by atomic mass is 19.1. The molecule has 2 heterocycles. The zero-order valence-corrected chi connectivity index (χ0v) is 26.2. The lowest BCUT2D eigenvalue weighted by atomic mass is 10.1. The molecule has 2 amide bonds. The molecule has 4 rings (SSSR count). The minimum atomic E-state index is -0.564. The Kier molecular flexibility index (Phi) is 10.8. The Morgan fingerprint density at radius 1 is 1.07 bits per heavy atom. The number of halogens is 1. The van der Waals surface area contributed by atoms with Crippen LogP contribution in [0, 0.1) is 17.1 Å². The minimum Gasteiger partial charge on any atom is -0.444 e. The third-order valence-corrected chi connectivity index (χ3v) is 6.82. The van der Waals surface area contributed by atoms with Crippen LogP contribution in [0.2, 0.25) is 0 Å². The molecule has 0 saturated carbocycles. The maximum absolute atomic E-state index is 13.3. The smallest absolute Gasteiger partial charge is 0.407 e. The molecule has 46 heavy (non-hydrogen) atoms. The van der Waals surface area contributed by atoms with Gasteiger partial charge in [-0.1, -0.05) is 36.4 Å². The number of benzene rings is 2. The number of nitrogens with two attached hydrogens (primary N) is 1. The summed E-state index contributed by atoms with van der Waals surface area (Å²) in [6, 6.07) is 16.7. The van der Waals surface area contributed by atoms with Crippen LogP contribution >= 0.6 is 0 Å². The lowest BCUT2D eigenvalue weighted by molar-refractivity contribution is 0.0527. The van der Waals surface area contributed by atoms with Crippen molar-refractivity contribution < 1.29 is 18.7 Å². The summed E-state index contributed by atoms with van der Waals surface area (Å²) in [5, 5.41) is 18.2. The Bertz CT molecular complexity index is 1710. The average Bonchev–Trinajstić information content (AvgIpc) is 3.02. The van der Waals surface area contributed by atoms with Crippen molar-refractivity contribution in [3.63, 3.8) is 0 Å². The van der Waals surface area contributed by atoms with Crippen LogP contribution in [0.4, 0.5) is 20.8 Å². The molecule has 0 fully saturated rings. The van der Waals surface area contributed by atoms with Crippen molar-refractivity contribution >= 4 is 23.6 Å². The van der Waals surface area contributed by atoms with Crippen LogP contribution in [0.25, 0.3) is 11.3 Å². The Hall–Kier alpha value is -5.57. The van der Waals surface area contributed by atoms with Gasteiger partial charge in [0.2, 0.25) is 0 Å². The number of hydrogen-bond donors (Lipinski definition) is 4. The summed E-state index contributed by atoms with van der Waals surface area (Å²) >= 11 is 0. The Balaban J connectivity index is 1.38. The number of rotatable bonds is 11. The monoisotopic (exact) mass is 624 g/mol. The van der Waals surface area contributed by atoms with E-state index in [1.54, 1.807) is 46.0 Å². The molecule has 1 unspecified atom stereocenters. The van der Waals surface area contributed by atoms with E-state index >= 15 is 0 Å². The van der Waals surface area contributed by atoms with Crippen molar-refractivity contribution in [1.82, 2.24) is 25.6 Å². The summed E-state index contributed by atoms with van der Waals surface area (Å²) in [7, 11) is 0. The Labute approximate surface area is 267 Å². The minimum absolute atomic E-state index is 0.218. The number of anilines is 2. The van der Waals surface area contributed by atoms with Gasteiger partial charge in [0.1, 0.15) is 29.1 Å². The van der Waals surface area contributed by atoms with Crippen LogP contribution in [-0.4, -0.2) is 39.1 Å². The molecule has 1 atom stereocenters. The lowest BCUT2D eigenvalue weighted by Gasteiger charge is -2.19. The van der Waals surface area contributed by atoms with Crippen LogP contribution < -0.4 is 21.7 Å². The summed E-state index contributed by atoms with van der Waals surface area (Å²) in [5.74, 6) is -0.122. The number of aryl methyl sites for hydroxylation is 1. The number of carbonyl (C=O) groups excluding carboxylic acids is 2. The standard InChI is InChI=1S/C34H37FN8O3/c1-21(24-11-13-26(35)14-12-24)42-32(44)27-16-23(17-36)19-41-31(27)40-18-22-7-9-25(10-8-22)29-20-39-30(37)28(43-29)6-5-15-38-33(45)46-34(2,3)4/h7-14,16,19-21H,5-6,15,18H2,1-4H3,(H2,37,39)(H,38,45)(H,40,41)(H,42,44). The fraction of sp³-hybridized carbons (Fsp3) is 0.294. The number of nitriles is 1. The number of nitrogen functional groups attached to an aromatic ring is 1. The van der Waals surface area contributed by atoms with Crippen molar-refractivity contribution in [3.05, 3.63) is 101 Å². The molecule has 12 heteroatoms. The number of nitrogens with zero attached hydrogens (tertiary/aromatic N) is 4. The van der Waals surface area contributed by atoms with Crippen molar-refractivity contribution in [3.8, 4) is 17.3 Å². The van der Waals surface area contributed by atoms with Gasteiger partial charge < -0.3 is 26.4 Å². The number of ether oxygens (including phenoxy) is 1. The van der Waals surface area contributed by atoms with Crippen LogP contribution in [0.3, 0.4) is 0 Å². The highest BCUT2D eigenvalue weighted by molar-refractivity contribution is 5.99. The van der Waals surface area contributed by atoms with Crippen LogP contribution in [0.1, 0.15) is 72.9 Å². The molecule has 0 aliphatic rings. The van der Waals surface area contributed by atoms with Crippen molar-refractivity contribution in [2.75, 3.05) is 17.6 Å². The molecule has 238 valence electrons. The summed E-state index contributed by atoms with van der Waals surface area (Å²) in [5.41, 5.74) is 9.76. The van der Waals surface area contributed by atoms with Crippen LogP contribution in [0.5, 0.6) is 0 Å².